The Kier molecular flexibility index (Phi) is 4.88. The van der Waals surface area contributed by atoms with E-state index in [1.165, 1.54) is 32.1 Å². The number of hydrogen-bond acceptors (Lipinski definition) is 2. The molecular weight excluding hydrogens is 274 g/mol. The van der Waals surface area contributed by atoms with Gasteiger partial charge in [0.05, 0.1) is 17.4 Å². The second-order valence-corrected chi connectivity index (χ2v) is 6.06. The Morgan fingerprint density at radius 3 is 2.77 bits per heavy atom. The molecule has 4 heteroatoms. The van der Waals surface area contributed by atoms with Crippen LogP contribution < -0.4 is 5.32 Å². The van der Waals surface area contributed by atoms with Gasteiger partial charge in [-0.05, 0) is 30.9 Å². The molecular formula is C18H23N3O. The van der Waals surface area contributed by atoms with Crippen molar-refractivity contribution in [2.45, 2.75) is 38.5 Å². The summed E-state index contributed by atoms with van der Waals surface area (Å²) in [6.45, 7) is 0.756. The lowest BCUT2D eigenvalue weighted by atomic mass is 10.0. The average molecular weight is 297 g/mol. The van der Waals surface area contributed by atoms with Crippen molar-refractivity contribution in [2.24, 2.45) is 5.92 Å². The molecule has 0 aliphatic heterocycles. The summed E-state index contributed by atoms with van der Waals surface area (Å²) in [4.78, 5) is 12.1. The first-order chi connectivity index (χ1) is 10.8. The first-order valence-corrected chi connectivity index (χ1v) is 8.21. The number of amides is 1. The summed E-state index contributed by atoms with van der Waals surface area (Å²) in [6, 6.07) is 9.82. The van der Waals surface area contributed by atoms with Crippen LogP contribution in [0.2, 0.25) is 0 Å². The molecule has 1 aromatic carbocycles. The smallest absolute Gasteiger partial charge is 0.254 e. The van der Waals surface area contributed by atoms with Crippen molar-refractivity contribution in [3.05, 3.63) is 48.3 Å². The predicted molar refractivity (Wildman–Crippen MR) is 87.1 cm³/mol. The monoisotopic (exact) mass is 297 g/mol. The number of nitrogens with zero attached hydrogens (tertiary/aromatic N) is 2. The van der Waals surface area contributed by atoms with E-state index in [9.17, 15) is 4.79 Å². The Morgan fingerprint density at radius 1 is 1.23 bits per heavy atom. The molecule has 1 saturated carbocycles. The minimum atomic E-state index is -0.0337. The molecule has 22 heavy (non-hydrogen) atoms. The van der Waals surface area contributed by atoms with Gasteiger partial charge < -0.3 is 5.32 Å². The molecule has 3 rings (SSSR count). The van der Waals surface area contributed by atoms with Crippen LogP contribution in [0.1, 0.15) is 48.9 Å². The van der Waals surface area contributed by atoms with E-state index >= 15 is 0 Å². The maximum atomic E-state index is 12.1. The van der Waals surface area contributed by atoms with Gasteiger partial charge in [-0.3, -0.25) is 4.79 Å². The van der Waals surface area contributed by atoms with E-state index < -0.39 is 0 Å². The third kappa shape index (κ3) is 3.75. The van der Waals surface area contributed by atoms with Gasteiger partial charge in [0.25, 0.3) is 5.91 Å². The molecule has 0 saturated heterocycles. The molecule has 1 heterocycles. The maximum absolute atomic E-state index is 12.1. The quantitative estimate of drug-likeness (QED) is 0.829. The van der Waals surface area contributed by atoms with Crippen molar-refractivity contribution in [2.75, 3.05) is 6.54 Å². The molecule has 2 aromatic rings. The summed E-state index contributed by atoms with van der Waals surface area (Å²) >= 11 is 0. The van der Waals surface area contributed by atoms with Crippen LogP contribution in [-0.4, -0.2) is 22.2 Å². The summed E-state index contributed by atoms with van der Waals surface area (Å²) in [7, 11) is 0. The van der Waals surface area contributed by atoms with Gasteiger partial charge in [0.1, 0.15) is 0 Å². The topological polar surface area (TPSA) is 46.9 Å². The molecule has 0 radical (unpaired) electrons. The molecule has 0 unspecified atom stereocenters. The van der Waals surface area contributed by atoms with E-state index in [0.717, 1.165) is 24.6 Å². The molecule has 1 aromatic heterocycles. The van der Waals surface area contributed by atoms with Gasteiger partial charge in [-0.2, -0.15) is 5.10 Å². The summed E-state index contributed by atoms with van der Waals surface area (Å²) in [5.41, 5.74) is 1.58. The Bertz CT molecular complexity index is 600. The van der Waals surface area contributed by atoms with Crippen LogP contribution in [0.15, 0.2) is 42.7 Å². The van der Waals surface area contributed by atoms with E-state index in [0.29, 0.717) is 5.56 Å². The van der Waals surface area contributed by atoms with Crippen molar-refractivity contribution >= 4 is 5.91 Å². The van der Waals surface area contributed by atoms with Crippen LogP contribution in [0.5, 0.6) is 0 Å². The van der Waals surface area contributed by atoms with E-state index in [2.05, 4.69) is 10.4 Å². The zero-order chi connectivity index (χ0) is 15.2. The lowest BCUT2D eigenvalue weighted by molar-refractivity contribution is 0.0952. The minimum Gasteiger partial charge on any atom is -0.352 e. The van der Waals surface area contributed by atoms with Crippen LogP contribution in [0.25, 0.3) is 5.69 Å². The van der Waals surface area contributed by atoms with Crippen molar-refractivity contribution in [1.82, 2.24) is 15.1 Å². The second-order valence-electron chi connectivity index (χ2n) is 6.06. The molecule has 0 spiro atoms. The fraction of sp³-hybridized carbons (Fsp3) is 0.444. The third-order valence-corrected chi connectivity index (χ3v) is 4.41. The zero-order valence-electron chi connectivity index (χ0n) is 12.9. The second kappa shape index (κ2) is 7.25. The summed E-state index contributed by atoms with van der Waals surface area (Å²) in [5.74, 6) is 0.853. The van der Waals surface area contributed by atoms with Gasteiger partial charge in [-0.25, -0.2) is 4.68 Å². The number of carbonyl (C=O) groups excluding carboxylic acids is 1. The number of aromatic nitrogens is 2. The van der Waals surface area contributed by atoms with Crippen LogP contribution in [0.3, 0.4) is 0 Å². The standard InChI is InChI=1S/C18H23N3O/c22-18(19-12-6-9-15-7-4-5-8-15)16-13-20-21(14-16)17-10-2-1-3-11-17/h1-3,10-11,13-15H,4-9,12H2,(H,19,22). The Morgan fingerprint density at radius 2 is 2.00 bits per heavy atom. The molecule has 4 nitrogen and oxygen atoms in total. The molecule has 0 bridgehead atoms. The molecule has 1 aliphatic carbocycles. The molecule has 1 N–H and O–H groups in total. The van der Waals surface area contributed by atoms with Gasteiger partial charge in [-0.1, -0.05) is 43.9 Å². The molecule has 116 valence electrons. The molecule has 1 amide bonds. The van der Waals surface area contributed by atoms with Crippen molar-refractivity contribution in [3.63, 3.8) is 0 Å². The number of benzene rings is 1. The minimum absolute atomic E-state index is 0.0337. The van der Waals surface area contributed by atoms with E-state index in [1.807, 2.05) is 30.3 Å². The van der Waals surface area contributed by atoms with Crippen LogP contribution >= 0.6 is 0 Å². The zero-order valence-corrected chi connectivity index (χ0v) is 12.9. The highest BCUT2D eigenvalue weighted by atomic mass is 16.1. The normalized spacial score (nSPS) is 15.1. The average Bonchev–Trinajstić information content (AvgIpc) is 3.24. The lowest BCUT2D eigenvalue weighted by Crippen LogP contribution is -2.24. The Hall–Kier alpha value is -2.10. The van der Waals surface area contributed by atoms with E-state index in [-0.39, 0.29) is 5.91 Å². The number of carbonyl (C=O) groups is 1. The number of rotatable bonds is 6. The van der Waals surface area contributed by atoms with Gasteiger partial charge in [0.2, 0.25) is 0 Å². The number of hydrogen-bond donors (Lipinski definition) is 1. The first-order valence-electron chi connectivity index (χ1n) is 8.21. The van der Waals surface area contributed by atoms with Gasteiger partial charge in [0.15, 0.2) is 0 Å². The fourth-order valence-electron chi connectivity index (χ4n) is 3.16. The Labute approximate surface area is 131 Å². The lowest BCUT2D eigenvalue weighted by Gasteiger charge is -2.08. The number of para-hydroxylation sites is 1. The highest BCUT2D eigenvalue weighted by Crippen LogP contribution is 2.28. The van der Waals surface area contributed by atoms with Crippen molar-refractivity contribution < 1.29 is 4.79 Å². The van der Waals surface area contributed by atoms with E-state index in [4.69, 9.17) is 0 Å². The van der Waals surface area contributed by atoms with Gasteiger partial charge >= 0.3 is 0 Å². The Balaban J connectivity index is 1.47. The first kappa shape index (κ1) is 14.8. The maximum Gasteiger partial charge on any atom is 0.254 e. The van der Waals surface area contributed by atoms with Crippen LogP contribution in [0.4, 0.5) is 0 Å². The SMILES string of the molecule is O=C(NCCCC1CCCC1)c1cnn(-c2ccccc2)c1. The molecule has 0 atom stereocenters. The third-order valence-electron chi connectivity index (χ3n) is 4.41. The number of nitrogens with one attached hydrogen (secondary N) is 1. The van der Waals surface area contributed by atoms with E-state index in [1.54, 1.807) is 17.1 Å². The summed E-state index contributed by atoms with van der Waals surface area (Å²) in [6.07, 6.45) is 11.2. The predicted octanol–water partition coefficient (Wildman–Crippen LogP) is 3.57. The van der Waals surface area contributed by atoms with Crippen LogP contribution in [-0.2, 0) is 0 Å². The highest BCUT2D eigenvalue weighted by molar-refractivity contribution is 5.93. The molecule has 1 fully saturated rings. The van der Waals surface area contributed by atoms with Gasteiger partial charge in [-0.15, -0.1) is 0 Å². The van der Waals surface area contributed by atoms with Crippen molar-refractivity contribution in [1.29, 1.82) is 0 Å². The largest absolute Gasteiger partial charge is 0.352 e. The van der Waals surface area contributed by atoms with Crippen molar-refractivity contribution in [3.8, 4) is 5.69 Å². The fourth-order valence-corrected chi connectivity index (χ4v) is 3.16. The summed E-state index contributed by atoms with van der Waals surface area (Å²) < 4.78 is 1.73. The highest BCUT2D eigenvalue weighted by Gasteiger charge is 2.14. The van der Waals surface area contributed by atoms with Crippen LogP contribution in [0, 0.1) is 5.92 Å². The summed E-state index contributed by atoms with van der Waals surface area (Å²) in [5, 5.41) is 7.25. The van der Waals surface area contributed by atoms with Gasteiger partial charge in [0, 0.05) is 12.7 Å². The molecule has 1 aliphatic rings.